The van der Waals surface area contributed by atoms with Gasteiger partial charge in [-0.15, -0.1) is 0 Å². The molecule has 1 aliphatic heterocycles. The second-order valence-corrected chi connectivity index (χ2v) is 5.87. The number of carbonyl (C=O) groups is 1. The quantitative estimate of drug-likeness (QED) is 0.906. The smallest absolute Gasteiger partial charge is 0.258 e. The number of carbonyl (C=O) groups excluding carboxylic acids is 1. The van der Waals surface area contributed by atoms with E-state index in [1.54, 1.807) is 11.3 Å². The van der Waals surface area contributed by atoms with Gasteiger partial charge in [0.25, 0.3) is 5.91 Å². The summed E-state index contributed by atoms with van der Waals surface area (Å²) in [6.45, 7) is 0. The number of hydrogen-bond donors (Lipinski definition) is 1. The van der Waals surface area contributed by atoms with Gasteiger partial charge in [0.2, 0.25) is 0 Å². The molecule has 19 heavy (non-hydrogen) atoms. The lowest BCUT2D eigenvalue weighted by molar-refractivity contribution is 0.0667. The van der Waals surface area contributed by atoms with Gasteiger partial charge < -0.3 is 10.2 Å². The topological polar surface area (TPSA) is 32.3 Å². The van der Waals surface area contributed by atoms with Crippen molar-refractivity contribution in [3.63, 3.8) is 0 Å². The summed E-state index contributed by atoms with van der Waals surface area (Å²) in [5, 5.41) is 7.69. The van der Waals surface area contributed by atoms with Crippen LogP contribution in [0, 0.1) is 0 Å². The Morgan fingerprint density at radius 1 is 1.21 bits per heavy atom. The Labute approximate surface area is 115 Å². The largest absolute Gasteiger partial charge is 0.361 e. The van der Waals surface area contributed by atoms with Gasteiger partial charge in [-0.3, -0.25) is 4.79 Å². The molecule has 1 N–H and O–H groups in total. The zero-order chi connectivity index (χ0) is 12.8. The third kappa shape index (κ3) is 1.75. The molecule has 4 rings (SSSR count). The van der Waals surface area contributed by atoms with Crippen LogP contribution in [0.4, 0.5) is 5.69 Å². The first-order chi connectivity index (χ1) is 9.34. The summed E-state index contributed by atoms with van der Waals surface area (Å²) in [6.07, 6.45) is 2.23. The predicted octanol–water partition coefficient (Wildman–Crippen LogP) is 3.48. The van der Waals surface area contributed by atoms with Crippen molar-refractivity contribution in [3.05, 3.63) is 52.2 Å². The molecule has 0 radical (unpaired) electrons. The minimum atomic E-state index is -0.0128. The molecule has 1 aromatic carbocycles. The van der Waals surface area contributed by atoms with E-state index in [1.165, 1.54) is 5.56 Å². The molecule has 3 nitrogen and oxygen atoms in total. The fourth-order valence-corrected chi connectivity index (χ4v) is 3.35. The summed E-state index contributed by atoms with van der Waals surface area (Å²) in [4.78, 5) is 14.7. The molecule has 2 heterocycles. The fraction of sp³-hybridized carbons (Fsp3) is 0.267. The first-order valence-electron chi connectivity index (χ1n) is 6.55. The van der Waals surface area contributed by atoms with Crippen LogP contribution in [-0.4, -0.2) is 16.8 Å². The van der Waals surface area contributed by atoms with Gasteiger partial charge in [0.1, 0.15) is 6.17 Å². The van der Waals surface area contributed by atoms with Crippen molar-refractivity contribution in [3.8, 4) is 0 Å². The average molecular weight is 270 g/mol. The highest BCUT2D eigenvalue weighted by Crippen LogP contribution is 2.40. The standard InChI is InChI=1S/C15H14N2OS/c18-15-12-3-1-2-4-13(12)16-14(10-7-8-19-9-10)17(15)11-5-6-11/h1-4,7-9,11,14,16H,5-6H2/t14-/m0/s1. The Hall–Kier alpha value is -1.81. The van der Waals surface area contributed by atoms with Gasteiger partial charge >= 0.3 is 0 Å². The molecule has 4 heteroatoms. The molecule has 0 spiro atoms. The third-order valence-electron chi connectivity index (χ3n) is 3.76. The number of rotatable bonds is 2. The molecule has 0 unspecified atom stereocenters. The van der Waals surface area contributed by atoms with Gasteiger partial charge in [-0.05, 0) is 41.8 Å². The van der Waals surface area contributed by atoms with Crippen molar-refractivity contribution < 1.29 is 4.79 Å². The Bertz CT molecular complexity index is 619. The number of benzene rings is 1. The van der Waals surface area contributed by atoms with Crippen molar-refractivity contribution in [2.24, 2.45) is 0 Å². The maximum atomic E-state index is 12.7. The summed E-state index contributed by atoms with van der Waals surface area (Å²) < 4.78 is 0. The number of para-hydroxylation sites is 1. The van der Waals surface area contributed by atoms with Crippen LogP contribution in [0.1, 0.15) is 34.9 Å². The van der Waals surface area contributed by atoms with E-state index in [2.05, 4.69) is 22.1 Å². The molecule has 1 fully saturated rings. The predicted molar refractivity (Wildman–Crippen MR) is 76.3 cm³/mol. The van der Waals surface area contributed by atoms with E-state index in [4.69, 9.17) is 0 Å². The van der Waals surface area contributed by atoms with Crippen LogP contribution in [0.2, 0.25) is 0 Å². The summed E-state index contributed by atoms with van der Waals surface area (Å²) in [5.74, 6) is 0.160. The second kappa shape index (κ2) is 4.10. The lowest BCUT2D eigenvalue weighted by Crippen LogP contribution is -2.44. The molecule has 1 aliphatic carbocycles. The summed E-state index contributed by atoms with van der Waals surface area (Å²) in [6, 6.07) is 10.3. The van der Waals surface area contributed by atoms with E-state index >= 15 is 0 Å². The summed E-state index contributed by atoms with van der Waals surface area (Å²) in [7, 11) is 0. The van der Waals surface area contributed by atoms with E-state index in [-0.39, 0.29) is 12.1 Å². The van der Waals surface area contributed by atoms with E-state index < -0.39 is 0 Å². The summed E-state index contributed by atoms with van der Waals surface area (Å²) >= 11 is 1.67. The van der Waals surface area contributed by atoms with Crippen molar-refractivity contribution in [2.75, 3.05) is 5.32 Å². The van der Waals surface area contributed by atoms with Crippen LogP contribution < -0.4 is 5.32 Å². The van der Waals surface area contributed by atoms with Gasteiger partial charge in [-0.1, -0.05) is 12.1 Å². The van der Waals surface area contributed by atoms with Crippen LogP contribution >= 0.6 is 11.3 Å². The third-order valence-corrected chi connectivity index (χ3v) is 4.46. The van der Waals surface area contributed by atoms with Crippen molar-refractivity contribution in [1.29, 1.82) is 0 Å². The highest BCUT2D eigenvalue weighted by atomic mass is 32.1. The zero-order valence-electron chi connectivity index (χ0n) is 10.4. The Balaban J connectivity index is 1.81. The maximum absolute atomic E-state index is 12.7. The molecular weight excluding hydrogens is 256 g/mol. The van der Waals surface area contributed by atoms with Gasteiger partial charge in [0, 0.05) is 17.3 Å². The molecule has 2 aliphatic rings. The van der Waals surface area contributed by atoms with E-state index in [0.29, 0.717) is 6.04 Å². The van der Waals surface area contributed by atoms with Crippen LogP contribution in [0.25, 0.3) is 0 Å². The number of thiophene rings is 1. The maximum Gasteiger partial charge on any atom is 0.258 e. The van der Waals surface area contributed by atoms with Crippen molar-refractivity contribution >= 4 is 22.9 Å². The zero-order valence-corrected chi connectivity index (χ0v) is 11.2. The lowest BCUT2D eigenvalue weighted by Gasteiger charge is -2.38. The molecule has 0 bridgehead atoms. The molecule has 1 amide bonds. The Morgan fingerprint density at radius 3 is 2.79 bits per heavy atom. The van der Waals surface area contributed by atoms with Crippen LogP contribution in [0.5, 0.6) is 0 Å². The normalized spacial score (nSPS) is 22.0. The first-order valence-corrected chi connectivity index (χ1v) is 7.49. The second-order valence-electron chi connectivity index (χ2n) is 5.09. The Morgan fingerprint density at radius 2 is 2.05 bits per heavy atom. The van der Waals surface area contributed by atoms with Crippen LogP contribution in [-0.2, 0) is 0 Å². The number of nitrogens with zero attached hydrogens (tertiary/aromatic N) is 1. The monoisotopic (exact) mass is 270 g/mol. The first kappa shape index (κ1) is 11.1. The highest BCUT2D eigenvalue weighted by molar-refractivity contribution is 7.08. The van der Waals surface area contributed by atoms with Gasteiger partial charge in [0.15, 0.2) is 0 Å². The van der Waals surface area contributed by atoms with Crippen LogP contribution in [0.15, 0.2) is 41.1 Å². The summed E-state index contributed by atoms with van der Waals surface area (Å²) in [5.41, 5.74) is 2.92. The molecule has 0 saturated heterocycles. The van der Waals surface area contributed by atoms with Crippen molar-refractivity contribution in [2.45, 2.75) is 25.0 Å². The highest BCUT2D eigenvalue weighted by Gasteiger charge is 2.41. The molecule has 1 atom stereocenters. The number of fused-ring (bicyclic) bond motifs is 1. The van der Waals surface area contributed by atoms with Crippen LogP contribution in [0.3, 0.4) is 0 Å². The van der Waals surface area contributed by atoms with E-state index in [1.807, 2.05) is 29.2 Å². The van der Waals surface area contributed by atoms with E-state index in [9.17, 15) is 4.79 Å². The number of nitrogens with one attached hydrogen (secondary N) is 1. The van der Waals surface area contributed by atoms with Gasteiger partial charge in [-0.2, -0.15) is 11.3 Å². The molecular formula is C15H14N2OS. The average Bonchev–Trinajstić information content (AvgIpc) is 3.12. The fourth-order valence-electron chi connectivity index (χ4n) is 2.67. The molecule has 1 aromatic heterocycles. The Kier molecular flexibility index (Phi) is 2.38. The minimum Gasteiger partial charge on any atom is -0.361 e. The number of hydrogen-bond acceptors (Lipinski definition) is 3. The lowest BCUT2D eigenvalue weighted by atomic mass is 10.0. The van der Waals surface area contributed by atoms with E-state index in [0.717, 1.165) is 24.1 Å². The van der Waals surface area contributed by atoms with Crippen molar-refractivity contribution in [1.82, 2.24) is 4.90 Å². The van der Waals surface area contributed by atoms with Gasteiger partial charge in [0.05, 0.1) is 5.56 Å². The SMILES string of the molecule is O=C1c2ccccc2N[C@H](c2ccsc2)N1C1CC1. The molecule has 1 saturated carbocycles. The number of amides is 1. The molecule has 96 valence electrons. The van der Waals surface area contributed by atoms with Gasteiger partial charge in [-0.25, -0.2) is 0 Å². The minimum absolute atomic E-state index is 0.0128. The molecule has 2 aromatic rings. The number of anilines is 1.